The average Bonchev–Trinajstić information content (AvgIpc) is 2.96. The molecule has 0 radical (unpaired) electrons. The Kier molecular flexibility index (Phi) is 4.41. The van der Waals surface area contributed by atoms with Gasteiger partial charge in [0.05, 0.1) is 13.2 Å². The number of likely N-dealkylation sites (N-methyl/N-ethyl adjacent to an activating group) is 1. The smallest absolute Gasteiger partial charge is 0.237 e. The molecule has 0 spiro atoms. The van der Waals surface area contributed by atoms with E-state index in [1.807, 2.05) is 11.8 Å². The molecule has 4 nitrogen and oxygen atoms in total. The number of hydrogen-bond acceptors (Lipinski definition) is 5. The van der Waals surface area contributed by atoms with Gasteiger partial charge >= 0.3 is 0 Å². The topological polar surface area (TPSA) is 47.0 Å². The van der Waals surface area contributed by atoms with Gasteiger partial charge in [0.15, 0.2) is 0 Å². The zero-order valence-corrected chi connectivity index (χ0v) is 13.1. The van der Waals surface area contributed by atoms with Crippen LogP contribution >= 0.6 is 11.8 Å². The number of benzene rings is 1. The second-order valence-corrected chi connectivity index (χ2v) is 6.00. The van der Waals surface area contributed by atoms with Gasteiger partial charge in [0.25, 0.3) is 0 Å². The van der Waals surface area contributed by atoms with Crippen LogP contribution in [0.3, 0.4) is 0 Å². The molecule has 0 saturated carbocycles. The molecule has 0 bridgehead atoms. The van der Waals surface area contributed by atoms with Crippen LogP contribution < -0.4 is 10.1 Å². The van der Waals surface area contributed by atoms with Crippen LogP contribution in [0.1, 0.15) is 30.1 Å². The largest absolute Gasteiger partial charge is 0.480 e. The van der Waals surface area contributed by atoms with Gasteiger partial charge in [-0.2, -0.15) is 0 Å². The minimum absolute atomic E-state index is 0.120. The summed E-state index contributed by atoms with van der Waals surface area (Å²) >= 11 is 1.91. The summed E-state index contributed by atoms with van der Waals surface area (Å²) in [6.07, 6.45) is 3.40. The summed E-state index contributed by atoms with van der Waals surface area (Å²) in [5.74, 6) is 2.05. The van der Waals surface area contributed by atoms with Crippen molar-refractivity contribution in [2.45, 2.75) is 23.8 Å². The highest BCUT2D eigenvalue weighted by atomic mass is 32.2. The van der Waals surface area contributed by atoms with Crippen LogP contribution in [0.25, 0.3) is 0 Å². The number of methoxy groups -OCH3 is 1. The zero-order valence-electron chi connectivity index (χ0n) is 12.2. The first kappa shape index (κ1) is 14.4. The Morgan fingerprint density at radius 1 is 1.33 bits per heavy atom. The number of fused-ring (bicyclic) bond motifs is 1. The van der Waals surface area contributed by atoms with Gasteiger partial charge in [-0.3, -0.25) is 4.98 Å². The lowest BCUT2D eigenvalue weighted by atomic mass is 9.91. The number of nitrogens with one attached hydrogen (secondary N) is 1. The molecule has 3 rings (SSSR count). The summed E-state index contributed by atoms with van der Waals surface area (Å²) in [6, 6.07) is 8.73. The molecule has 2 aromatic rings. The zero-order chi connectivity index (χ0) is 14.7. The highest BCUT2D eigenvalue weighted by Crippen LogP contribution is 2.46. The van der Waals surface area contributed by atoms with Crippen LogP contribution in [0, 0.1) is 0 Å². The van der Waals surface area contributed by atoms with Gasteiger partial charge in [0.1, 0.15) is 5.69 Å². The van der Waals surface area contributed by atoms with Crippen molar-refractivity contribution in [3.05, 3.63) is 47.9 Å². The monoisotopic (exact) mass is 301 g/mol. The average molecular weight is 301 g/mol. The Hall–Kier alpha value is -1.59. The van der Waals surface area contributed by atoms with Crippen LogP contribution in [-0.2, 0) is 0 Å². The molecule has 0 aliphatic carbocycles. The van der Waals surface area contributed by atoms with Crippen molar-refractivity contribution in [3.63, 3.8) is 0 Å². The second kappa shape index (κ2) is 6.45. The standard InChI is InChI=1S/C16H19N3OS/c1-3-17-14(15-16(20-2)19-9-8-18-15)12-10-21-13-7-5-4-6-11(12)13/h4-9,12,14,17H,3,10H2,1-2H3. The number of ether oxygens (including phenoxy) is 1. The Morgan fingerprint density at radius 3 is 2.95 bits per heavy atom. The molecule has 1 aliphatic heterocycles. The molecule has 110 valence electrons. The van der Waals surface area contributed by atoms with E-state index in [0.29, 0.717) is 11.8 Å². The first-order chi connectivity index (χ1) is 10.3. The van der Waals surface area contributed by atoms with Crippen molar-refractivity contribution in [2.75, 3.05) is 19.4 Å². The maximum Gasteiger partial charge on any atom is 0.237 e. The van der Waals surface area contributed by atoms with Crippen LogP contribution in [0.15, 0.2) is 41.6 Å². The van der Waals surface area contributed by atoms with Crippen LogP contribution in [0.4, 0.5) is 0 Å². The van der Waals surface area contributed by atoms with Gasteiger partial charge in [0, 0.05) is 29.0 Å². The second-order valence-electron chi connectivity index (χ2n) is 4.94. The molecule has 5 heteroatoms. The van der Waals surface area contributed by atoms with Gasteiger partial charge in [0.2, 0.25) is 5.88 Å². The predicted octanol–water partition coefficient (Wildman–Crippen LogP) is 3.03. The summed E-state index contributed by atoms with van der Waals surface area (Å²) in [7, 11) is 1.65. The van der Waals surface area contributed by atoms with Gasteiger partial charge in [-0.05, 0) is 18.2 Å². The summed E-state index contributed by atoms with van der Waals surface area (Å²) in [5.41, 5.74) is 2.28. The lowest BCUT2D eigenvalue weighted by molar-refractivity contribution is 0.369. The van der Waals surface area contributed by atoms with Crippen LogP contribution in [0.5, 0.6) is 5.88 Å². The van der Waals surface area contributed by atoms with Crippen molar-refractivity contribution >= 4 is 11.8 Å². The maximum atomic E-state index is 5.40. The molecular weight excluding hydrogens is 282 g/mol. The minimum atomic E-state index is 0.120. The fourth-order valence-corrected chi connectivity index (χ4v) is 4.11. The third kappa shape index (κ3) is 2.76. The summed E-state index contributed by atoms with van der Waals surface area (Å²) in [4.78, 5) is 10.2. The molecule has 2 atom stereocenters. The molecular formula is C16H19N3OS. The first-order valence-electron chi connectivity index (χ1n) is 7.15. The normalized spacial score (nSPS) is 18.3. The third-order valence-electron chi connectivity index (χ3n) is 3.74. The van der Waals surface area contributed by atoms with Crippen molar-refractivity contribution in [3.8, 4) is 5.88 Å². The molecule has 21 heavy (non-hydrogen) atoms. The predicted molar refractivity (Wildman–Crippen MR) is 84.9 cm³/mol. The van der Waals surface area contributed by atoms with E-state index in [9.17, 15) is 0 Å². The van der Waals surface area contributed by atoms with E-state index in [1.165, 1.54) is 10.5 Å². The fourth-order valence-electron chi connectivity index (χ4n) is 2.82. The summed E-state index contributed by atoms with van der Waals surface area (Å²) < 4.78 is 5.40. The summed E-state index contributed by atoms with van der Waals surface area (Å²) in [6.45, 7) is 3.00. The van der Waals surface area contributed by atoms with E-state index in [4.69, 9.17) is 4.74 Å². The lowest BCUT2D eigenvalue weighted by Gasteiger charge is -2.25. The maximum absolute atomic E-state index is 5.40. The molecule has 1 aromatic heterocycles. The van der Waals surface area contributed by atoms with Crippen molar-refractivity contribution in [2.24, 2.45) is 0 Å². The van der Waals surface area contributed by atoms with Gasteiger partial charge < -0.3 is 10.1 Å². The summed E-state index contributed by atoms with van der Waals surface area (Å²) in [5, 5.41) is 3.56. The highest BCUT2D eigenvalue weighted by molar-refractivity contribution is 7.99. The molecule has 1 aromatic carbocycles. The Labute approximate surface area is 129 Å². The van der Waals surface area contributed by atoms with Crippen LogP contribution in [-0.4, -0.2) is 29.4 Å². The third-order valence-corrected chi connectivity index (χ3v) is 4.95. The highest BCUT2D eigenvalue weighted by Gasteiger charge is 2.33. The molecule has 0 fully saturated rings. The molecule has 2 heterocycles. The van der Waals surface area contributed by atoms with Crippen molar-refractivity contribution < 1.29 is 4.74 Å². The number of aromatic nitrogens is 2. The van der Waals surface area contributed by atoms with E-state index < -0.39 is 0 Å². The van der Waals surface area contributed by atoms with E-state index >= 15 is 0 Å². The number of rotatable bonds is 5. The number of nitrogens with zero attached hydrogens (tertiary/aromatic N) is 2. The van der Waals surface area contributed by atoms with Gasteiger partial charge in [-0.15, -0.1) is 11.8 Å². The SMILES string of the molecule is CCNC(c1nccnc1OC)C1CSc2ccccc21. The Balaban J connectivity index is 2.00. The molecule has 1 N–H and O–H groups in total. The molecule has 0 saturated heterocycles. The minimum Gasteiger partial charge on any atom is -0.480 e. The van der Waals surface area contributed by atoms with E-state index in [-0.39, 0.29) is 6.04 Å². The van der Waals surface area contributed by atoms with Gasteiger partial charge in [-0.25, -0.2) is 4.98 Å². The quantitative estimate of drug-likeness (QED) is 0.920. The molecule has 1 aliphatic rings. The van der Waals surface area contributed by atoms with Crippen molar-refractivity contribution in [1.29, 1.82) is 0 Å². The molecule has 0 amide bonds. The van der Waals surface area contributed by atoms with Crippen molar-refractivity contribution in [1.82, 2.24) is 15.3 Å². The van der Waals surface area contributed by atoms with E-state index in [1.54, 1.807) is 19.5 Å². The van der Waals surface area contributed by atoms with Crippen LogP contribution in [0.2, 0.25) is 0 Å². The molecule has 2 unspecified atom stereocenters. The fraction of sp³-hybridized carbons (Fsp3) is 0.375. The van der Waals surface area contributed by atoms with E-state index in [0.717, 1.165) is 18.0 Å². The van der Waals surface area contributed by atoms with E-state index in [2.05, 4.69) is 46.5 Å². The lowest BCUT2D eigenvalue weighted by Crippen LogP contribution is -2.28. The number of hydrogen-bond donors (Lipinski definition) is 1. The van der Waals surface area contributed by atoms with Gasteiger partial charge in [-0.1, -0.05) is 25.1 Å². The number of thioether (sulfide) groups is 1. The first-order valence-corrected chi connectivity index (χ1v) is 8.13. The Bertz CT molecular complexity index is 620. The Morgan fingerprint density at radius 2 is 2.14 bits per heavy atom.